The van der Waals surface area contributed by atoms with E-state index in [0.29, 0.717) is 12.0 Å². The first-order chi connectivity index (χ1) is 10.5. The average molecular weight is 295 g/mol. The Morgan fingerprint density at radius 1 is 1.14 bits per heavy atom. The lowest BCUT2D eigenvalue weighted by atomic mass is 9.63. The highest BCUT2D eigenvalue weighted by Gasteiger charge is 2.52. The molecule has 0 spiro atoms. The van der Waals surface area contributed by atoms with Crippen molar-refractivity contribution < 1.29 is 9.90 Å². The van der Waals surface area contributed by atoms with E-state index in [2.05, 4.69) is 12.2 Å². The van der Waals surface area contributed by atoms with Crippen LogP contribution in [-0.4, -0.2) is 17.1 Å². The highest BCUT2D eigenvalue weighted by Crippen LogP contribution is 2.45. The molecule has 3 heteroatoms. The van der Waals surface area contributed by atoms with Gasteiger partial charge >= 0.3 is 0 Å². The molecule has 0 radical (unpaired) electrons. The van der Waals surface area contributed by atoms with Crippen molar-refractivity contribution in [2.24, 2.45) is 5.92 Å². The predicted octanol–water partition coefficient (Wildman–Crippen LogP) is 3.02. The molecule has 2 N–H and O–H groups in total. The van der Waals surface area contributed by atoms with Gasteiger partial charge in [0.2, 0.25) is 0 Å². The Bertz CT molecular complexity index is 666. The van der Waals surface area contributed by atoms with Crippen molar-refractivity contribution in [2.75, 3.05) is 0 Å². The first-order valence-corrected chi connectivity index (χ1v) is 7.66. The van der Waals surface area contributed by atoms with Gasteiger partial charge in [-0.05, 0) is 37.0 Å². The summed E-state index contributed by atoms with van der Waals surface area (Å²) in [5, 5.41) is 14.0. The Morgan fingerprint density at radius 3 is 2.36 bits per heavy atom. The van der Waals surface area contributed by atoms with Gasteiger partial charge in [0, 0.05) is 5.56 Å². The molecule has 0 heterocycles. The van der Waals surface area contributed by atoms with Crippen LogP contribution in [-0.2, 0) is 5.60 Å². The molecule has 0 bridgehead atoms. The standard InChI is InChI=1S/C19H21NO2/c1-13-8-10-16(11-9-13)19(22)12-14(2)17(19)20-18(21)15-6-4-3-5-7-15/h3-11,14,17,22H,12H2,1-2H3,(H,20,21). The van der Waals surface area contributed by atoms with Crippen molar-refractivity contribution in [3.8, 4) is 0 Å². The van der Waals surface area contributed by atoms with Crippen molar-refractivity contribution >= 4 is 5.91 Å². The Kier molecular flexibility index (Phi) is 3.75. The monoisotopic (exact) mass is 295 g/mol. The molecule has 1 amide bonds. The summed E-state index contributed by atoms with van der Waals surface area (Å²) >= 11 is 0. The fourth-order valence-corrected chi connectivity index (χ4v) is 3.26. The molecular formula is C19H21NO2. The molecule has 114 valence electrons. The fraction of sp³-hybridized carbons (Fsp3) is 0.316. The Hall–Kier alpha value is -2.13. The molecule has 3 atom stereocenters. The van der Waals surface area contributed by atoms with Gasteiger partial charge < -0.3 is 10.4 Å². The summed E-state index contributed by atoms with van der Waals surface area (Å²) in [6.45, 7) is 4.07. The summed E-state index contributed by atoms with van der Waals surface area (Å²) in [5.41, 5.74) is 1.67. The lowest BCUT2D eigenvalue weighted by Gasteiger charge is -2.51. The van der Waals surface area contributed by atoms with E-state index in [1.165, 1.54) is 0 Å². The first kappa shape index (κ1) is 14.8. The third-order valence-electron chi connectivity index (χ3n) is 4.59. The molecule has 0 aromatic heterocycles. The van der Waals surface area contributed by atoms with Gasteiger partial charge in [-0.2, -0.15) is 0 Å². The van der Waals surface area contributed by atoms with E-state index in [0.717, 1.165) is 11.1 Å². The number of aliphatic hydroxyl groups is 1. The van der Waals surface area contributed by atoms with Gasteiger partial charge in [-0.3, -0.25) is 4.79 Å². The molecule has 22 heavy (non-hydrogen) atoms. The molecular weight excluding hydrogens is 274 g/mol. The van der Waals surface area contributed by atoms with Crippen LogP contribution >= 0.6 is 0 Å². The van der Waals surface area contributed by atoms with E-state index >= 15 is 0 Å². The summed E-state index contributed by atoms with van der Waals surface area (Å²) < 4.78 is 0. The minimum Gasteiger partial charge on any atom is -0.383 e. The molecule has 2 aromatic rings. The third kappa shape index (κ3) is 2.53. The molecule has 1 aliphatic carbocycles. The second-order valence-corrected chi connectivity index (χ2v) is 6.29. The highest BCUT2D eigenvalue weighted by molar-refractivity contribution is 5.94. The number of benzene rings is 2. The highest BCUT2D eigenvalue weighted by atomic mass is 16.3. The zero-order chi connectivity index (χ0) is 15.7. The number of carbonyl (C=O) groups is 1. The molecule has 0 saturated heterocycles. The van der Waals surface area contributed by atoms with E-state index in [1.54, 1.807) is 12.1 Å². The number of hydrogen-bond donors (Lipinski definition) is 2. The number of aryl methyl sites for hydroxylation is 1. The van der Waals surface area contributed by atoms with Gasteiger partial charge in [-0.15, -0.1) is 0 Å². The van der Waals surface area contributed by atoms with Crippen molar-refractivity contribution in [3.63, 3.8) is 0 Å². The minimum atomic E-state index is -0.975. The summed E-state index contributed by atoms with van der Waals surface area (Å²) in [7, 11) is 0. The fourth-order valence-electron chi connectivity index (χ4n) is 3.26. The van der Waals surface area contributed by atoms with Crippen molar-refractivity contribution in [3.05, 3.63) is 71.3 Å². The molecule has 0 aliphatic heterocycles. The SMILES string of the molecule is Cc1ccc(C2(O)CC(C)C2NC(=O)c2ccccc2)cc1. The van der Waals surface area contributed by atoms with Crippen LogP contribution in [0.1, 0.15) is 34.8 Å². The van der Waals surface area contributed by atoms with Gasteiger partial charge in [0.15, 0.2) is 0 Å². The number of rotatable bonds is 3. The third-order valence-corrected chi connectivity index (χ3v) is 4.59. The van der Waals surface area contributed by atoms with E-state index in [9.17, 15) is 9.90 Å². The lowest BCUT2D eigenvalue weighted by molar-refractivity contribution is -0.107. The number of nitrogens with one attached hydrogen (secondary N) is 1. The second-order valence-electron chi connectivity index (χ2n) is 6.29. The van der Waals surface area contributed by atoms with Crippen LogP contribution in [0.5, 0.6) is 0 Å². The van der Waals surface area contributed by atoms with Crippen LogP contribution in [0.2, 0.25) is 0 Å². The smallest absolute Gasteiger partial charge is 0.251 e. The van der Waals surface area contributed by atoms with E-state index < -0.39 is 5.60 Å². The van der Waals surface area contributed by atoms with Crippen molar-refractivity contribution in [2.45, 2.75) is 31.9 Å². The maximum absolute atomic E-state index is 12.3. The second kappa shape index (κ2) is 5.58. The van der Waals surface area contributed by atoms with Crippen LogP contribution in [0.25, 0.3) is 0 Å². The summed E-state index contributed by atoms with van der Waals surface area (Å²) in [6.07, 6.45) is 0.662. The maximum Gasteiger partial charge on any atom is 0.251 e. The molecule has 1 aliphatic rings. The van der Waals surface area contributed by atoms with Gasteiger partial charge in [0.25, 0.3) is 5.91 Å². The van der Waals surface area contributed by atoms with Gasteiger partial charge in [-0.25, -0.2) is 0 Å². The number of carbonyl (C=O) groups excluding carboxylic acids is 1. The van der Waals surface area contributed by atoms with Gasteiger partial charge in [0.1, 0.15) is 5.60 Å². The van der Waals surface area contributed by atoms with E-state index in [4.69, 9.17) is 0 Å². The Balaban J connectivity index is 1.80. The normalized spacial score (nSPS) is 27.0. The van der Waals surface area contributed by atoms with Crippen LogP contribution in [0.4, 0.5) is 0 Å². The zero-order valence-electron chi connectivity index (χ0n) is 12.9. The first-order valence-electron chi connectivity index (χ1n) is 7.66. The molecule has 3 rings (SSSR count). The summed E-state index contributed by atoms with van der Waals surface area (Å²) in [6, 6.07) is 16.7. The topological polar surface area (TPSA) is 49.3 Å². The number of hydrogen-bond acceptors (Lipinski definition) is 2. The van der Waals surface area contributed by atoms with Crippen molar-refractivity contribution in [1.82, 2.24) is 5.32 Å². The van der Waals surface area contributed by atoms with Crippen molar-refractivity contribution in [1.29, 1.82) is 0 Å². The largest absolute Gasteiger partial charge is 0.383 e. The summed E-state index contributed by atoms with van der Waals surface area (Å²) in [4.78, 5) is 12.3. The quantitative estimate of drug-likeness (QED) is 0.914. The molecule has 1 saturated carbocycles. The van der Waals surface area contributed by atoms with Gasteiger partial charge in [0.05, 0.1) is 6.04 Å². The van der Waals surface area contributed by atoms with E-state index in [-0.39, 0.29) is 17.9 Å². The molecule has 3 unspecified atom stereocenters. The van der Waals surface area contributed by atoms with Crippen LogP contribution in [0.15, 0.2) is 54.6 Å². The number of amides is 1. The van der Waals surface area contributed by atoms with Crippen LogP contribution in [0, 0.1) is 12.8 Å². The summed E-state index contributed by atoms with van der Waals surface area (Å²) in [5.74, 6) is 0.113. The average Bonchev–Trinajstić information content (AvgIpc) is 2.53. The lowest BCUT2D eigenvalue weighted by Crippen LogP contribution is -2.63. The Morgan fingerprint density at radius 2 is 1.77 bits per heavy atom. The molecule has 1 fully saturated rings. The predicted molar refractivity (Wildman–Crippen MR) is 86.6 cm³/mol. The molecule has 2 aromatic carbocycles. The van der Waals surface area contributed by atoms with Crippen LogP contribution in [0.3, 0.4) is 0 Å². The Labute approximate surface area is 131 Å². The minimum absolute atomic E-state index is 0.136. The molecule has 3 nitrogen and oxygen atoms in total. The maximum atomic E-state index is 12.3. The zero-order valence-corrected chi connectivity index (χ0v) is 12.9. The van der Waals surface area contributed by atoms with E-state index in [1.807, 2.05) is 49.4 Å². The van der Waals surface area contributed by atoms with Crippen LogP contribution < -0.4 is 5.32 Å². The van der Waals surface area contributed by atoms with Gasteiger partial charge in [-0.1, -0.05) is 55.0 Å².